The third-order valence-electron chi connectivity index (χ3n) is 9.00. The number of benzene rings is 6. The number of thiophene rings is 1. The molecule has 0 aliphatic carbocycles. The van der Waals surface area contributed by atoms with Crippen LogP contribution in [0, 0.1) is 0 Å². The number of nitrogens with zero attached hydrogens (tertiary/aromatic N) is 3. The summed E-state index contributed by atoms with van der Waals surface area (Å²) in [6.45, 7) is 0.00925. The quantitative estimate of drug-likeness (QED) is 0.200. The van der Waals surface area contributed by atoms with Crippen LogP contribution < -0.4 is 4.90 Å². The van der Waals surface area contributed by atoms with Crippen molar-refractivity contribution in [2.45, 2.75) is 6.61 Å². The lowest BCUT2D eigenvalue weighted by Gasteiger charge is -2.27. The summed E-state index contributed by atoms with van der Waals surface area (Å²) < 4.78 is 4.92. The van der Waals surface area contributed by atoms with Crippen molar-refractivity contribution in [1.82, 2.24) is 9.55 Å². The number of aliphatic hydroxyl groups excluding tert-OH is 1. The lowest BCUT2D eigenvalue weighted by Crippen LogP contribution is -2.10. The maximum absolute atomic E-state index is 9.83. The van der Waals surface area contributed by atoms with Crippen molar-refractivity contribution in [3.05, 3.63) is 163 Å². The summed E-state index contributed by atoms with van der Waals surface area (Å²) in [5, 5.41) is 14.7. The van der Waals surface area contributed by atoms with E-state index in [9.17, 15) is 5.11 Å². The number of fused-ring (bicyclic) bond motifs is 6. The average Bonchev–Trinajstić information content (AvgIpc) is 3.68. The maximum Gasteiger partial charge on any atom is 0.0701 e. The number of aromatic nitrogens is 2. The van der Waals surface area contributed by atoms with Crippen molar-refractivity contribution in [3.63, 3.8) is 0 Å². The number of hydrogen-bond donors (Lipinski definition) is 1. The molecular weight excluding hydrogens is 595 g/mol. The fraction of sp³-hybridized carbons (Fsp3) is 0.0238. The average molecular weight is 624 g/mol. The van der Waals surface area contributed by atoms with Crippen LogP contribution in [0.4, 0.5) is 17.1 Å². The topological polar surface area (TPSA) is 41.3 Å². The molecule has 9 aromatic rings. The molecule has 0 atom stereocenters. The van der Waals surface area contributed by atoms with Crippen molar-refractivity contribution in [3.8, 4) is 16.9 Å². The molecule has 4 nitrogen and oxygen atoms in total. The second-order valence-corrected chi connectivity index (χ2v) is 12.8. The standard InChI is InChI=1S/C42H29N3OS/c46-27-28-15-19-30(20-16-28)44(32-23-24-41-35(26-32)33-8-2-4-14-40(33)47-41)38-12-7-13-39-42(38)34-9-1-3-11-37(34)45(39)31-21-17-29(18-22-31)36-10-5-6-25-43-36/h1-26,46H,27H2. The minimum Gasteiger partial charge on any atom is -0.392 e. The zero-order valence-electron chi connectivity index (χ0n) is 25.4. The van der Waals surface area contributed by atoms with Crippen LogP contribution in [0.1, 0.15) is 5.56 Å². The molecule has 9 rings (SSSR count). The lowest BCUT2D eigenvalue weighted by molar-refractivity contribution is 0.282. The fourth-order valence-electron chi connectivity index (χ4n) is 6.81. The van der Waals surface area contributed by atoms with Gasteiger partial charge in [0.2, 0.25) is 0 Å². The zero-order valence-corrected chi connectivity index (χ0v) is 26.2. The van der Waals surface area contributed by atoms with Gasteiger partial charge in [-0.05, 0) is 84.4 Å². The summed E-state index contributed by atoms with van der Waals surface area (Å²) in [5.41, 5.74) is 9.52. The van der Waals surface area contributed by atoms with Gasteiger partial charge in [-0.1, -0.05) is 72.8 Å². The van der Waals surface area contributed by atoms with E-state index < -0.39 is 0 Å². The van der Waals surface area contributed by atoms with E-state index in [0.717, 1.165) is 50.6 Å². The smallest absolute Gasteiger partial charge is 0.0701 e. The second kappa shape index (κ2) is 11.2. The Morgan fingerprint density at radius 1 is 0.596 bits per heavy atom. The van der Waals surface area contributed by atoms with Crippen LogP contribution in [0.5, 0.6) is 0 Å². The number of hydrogen-bond acceptors (Lipinski definition) is 4. The molecule has 0 saturated heterocycles. The molecule has 0 fully saturated rings. The summed E-state index contributed by atoms with van der Waals surface area (Å²) in [5.74, 6) is 0. The largest absolute Gasteiger partial charge is 0.392 e. The van der Waals surface area contributed by atoms with Gasteiger partial charge in [0.25, 0.3) is 0 Å². The third-order valence-corrected chi connectivity index (χ3v) is 10.2. The molecule has 0 amide bonds. The highest BCUT2D eigenvalue weighted by Gasteiger charge is 2.21. The Balaban J connectivity index is 1.28. The first kappa shape index (κ1) is 27.6. The Kier molecular flexibility index (Phi) is 6.59. The van der Waals surface area contributed by atoms with Crippen molar-refractivity contribution >= 4 is 70.4 Å². The second-order valence-electron chi connectivity index (χ2n) is 11.7. The molecule has 0 spiro atoms. The van der Waals surface area contributed by atoms with E-state index in [1.54, 1.807) is 0 Å². The van der Waals surface area contributed by atoms with Crippen LogP contribution in [-0.4, -0.2) is 14.7 Å². The van der Waals surface area contributed by atoms with Gasteiger partial charge in [0, 0.05) is 59.8 Å². The van der Waals surface area contributed by atoms with E-state index in [4.69, 9.17) is 0 Å². The van der Waals surface area contributed by atoms with E-state index in [2.05, 4.69) is 136 Å². The molecule has 0 saturated carbocycles. The van der Waals surface area contributed by atoms with Crippen LogP contribution in [0.2, 0.25) is 0 Å². The van der Waals surface area contributed by atoms with E-state index in [0.29, 0.717) is 0 Å². The first-order valence-corrected chi connectivity index (χ1v) is 16.5. The van der Waals surface area contributed by atoms with Gasteiger partial charge in [-0.2, -0.15) is 0 Å². The van der Waals surface area contributed by atoms with E-state index in [1.807, 2.05) is 47.9 Å². The minimum absolute atomic E-state index is 0.00925. The van der Waals surface area contributed by atoms with Gasteiger partial charge in [-0.15, -0.1) is 11.3 Å². The van der Waals surface area contributed by atoms with Gasteiger partial charge in [-0.3, -0.25) is 4.98 Å². The highest BCUT2D eigenvalue weighted by atomic mass is 32.1. The van der Waals surface area contributed by atoms with Crippen molar-refractivity contribution in [2.24, 2.45) is 0 Å². The molecule has 0 radical (unpaired) electrons. The van der Waals surface area contributed by atoms with Crippen LogP contribution in [0.15, 0.2) is 158 Å². The van der Waals surface area contributed by atoms with Crippen molar-refractivity contribution < 1.29 is 5.11 Å². The van der Waals surface area contributed by atoms with Crippen molar-refractivity contribution in [2.75, 3.05) is 4.90 Å². The first-order chi connectivity index (χ1) is 23.3. The molecule has 0 bridgehead atoms. The molecule has 5 heteroatoms. The minimum atomic E-state index is 0.00925. The summed E-state index contributed by atoms with van der Waals surface area (Å²) in [7, 11) is 0. The molecule has 0 unspecified atom stereocenters. The monoisotopic (exact) mass is 623 g/mol. The molecule has 1 N–H and O–H groups in total. The first-order valence-electron chi connectivity index (χ1n) is 15.7. The van der Waals surface area contributed by atoms with Crippen LogP contribution in [0.3, 0.4) is 0 Å². The van der Waals surface area contributed by atoms with Crippen LogP contribution in [0.25, 0.3) is 58.9 Å². The number of pyridine rings is 1. The van der Waals surface area contributed by atoms with E-state index in [1.165, 1.54) is 30.9 Å². The van der Waals surface area contributed by atoms with E-state index >= 15 is 0 Å². The Bertz CT molecular complexity index is 2550. The molecule has 6 aromatic carbocycles. The Hall–Kier alpha value is -5.75. The molecule has 0 aliphatic heterocycles. The lowest BCUT2D eigenvalue weighted by atomic mass is 10.1. The van der Waals surface area contributed by atoms with Crippen LogP contribution >= 0.6 is 11.3 Å². The molecular formula is C42H29N3OS. The summed E-state index contributed by atoms with van der Waals surface area (Å²) in [6.07, 6.45) is 1.83. The molecule has 3 heterocycles. The van der Waals surface area contributed by atoms with Gasteiger partial charge in [0.15, 0.2) is 0 Å². The predicted octanol–water partition coefficient (Wildman–Crippen LogP) is 11.2. The number of anilines is 3. The summed E-state index contributed by atoms with van der Waals surface area (Å²) in [6, 6.07) is 53.6. The summed E-state index contributed by atoms with van der Waals surface area (Å²) >= 11 is 1.83. The van der Waals surface area contributed by atoms with Gasteiger partial charge in [0.05, 0.1) is 29.0 Å². The van der Waals surface area contributed by atoms with Gasteiger partial charge in [0.1, 0.15) is 0 Å². The number of rotatable bonds is 6. The molecule has 3 aromatic heterocycles. The molecule has 0 aliphatic rings. The van der Waals surface area contributed by atoms with Gasteiger partial charge in [-0.25, -0.2) is 0 Å². The number of aliphatic hydroxyl groups is 1. The Labute approximate surface area is 276 Å². The predicted molar refractivity (Wildman–Crippen MR) is 198 cm³/mol. The van der Waals surface area contributed by atoms with Crippen molar-refractivity contribution in [1.29, 1.82) is 0 Å². The highest BCUT2D eigenvalue weighted by Crippen LogP contribution is 2.45. The van der Waals surface area contributed by atoms with E-state index in [-0.39, 0.29) is 6.61 Å². The number of para-hydroxylation sites is 1. The van der Waals surface area contributed by atoms with Gasteiger partial charge < -0.3 is 14.6 Å². The Morgan fingerprint density at radius 2 is 1.32 bits per heavy atom. The maximum atomic E-state index is 9.83. The summed E-state index contributed by atoms with van der Waals surface area (Å²) in [4.78, 5) is 6.90. The zero-order chi connectivity index (χ0) is 31.3. The Morgan fingerprint density at radius 3 is 2.13 bits per heavy atom. The fourth-order valence-corrected chi connectivity index (χ4v) is 7.90. The third kappa shape index (κ3) is 4.59. The highest BCUT2D eigenvalue weighted by molar-refractivity contribution is 7.25. The molecule has 224 valence electrons. The molecule has 47 heavy (non-hydrogen) atoms. The SMILES string of the molecule is OCc1ccc(N(c2ccc3sc4ccccc4c3c2)c2cccc3c2c2ccccc2n3-c2ccc(-c3ccccn3)cc2)cc1. The normalized spacial score (nSPS) is 11.6. The van der Waals surface area contributed by atoms with Gasteiger partial charge >= 0.3 is 0 Å². The van der Waals surface area contributed by atoms with Crippen LogP contribution in [-0.2, 0) is 6.61 Å².